The zero-order valence-corrected chi connectivity index (χ0v) is 22.9. The molecule has 0 aliphatic heterocycles. The molecule has 0 aliphatic rings. The Morgan fingerprint density at radius 3 is 1.44 bits per heavy atom. The Hall–Kier alpha value is -2.04. The maximum absolute atomic E-state index is 12.2. The maximum Gasteiger partial charge on any atom is 0.326 e. The summed E-state index contributed by atoms with van der Waals surface area (Å²) in [5.41, 5.74) is 0.768. The van der Waals surface area contributed by atoms with Crippen LogP contribution >= 0.6 is 0 Å². The molecule has 206 valence electrons. The van der Waals surface area contributed by atoms with Gasteiger partial charge in [-0.05, 0) is 24.1 Å². The highest BCUT2D eigenvalue weighted by atomic mass is 16.4. The van der Waals surface area contributed by atoms with Crippen LogP contribution in [0.5, 0.6) is 5.75 Å². The van der Waals surface area contributed by atoms with Gasteiger partial charge >= 0.3 is 5.97 Å². The molecule has 0 aromatic heterocycles. The normalized spacial score (nSPS) is 11.9. The van der Waals surface area contributed by atoms with E-state index in [1.807, 2.05) is 0 Å². The van der Waals surface area contributed by atoms with Crippen LogP contribution in [0.3, 0.4) is 0 Å². The minimum Gasteiger partial charge on any atom is -0.508 e. The van der Waals surface area contributed by atoms with Gasteiger partial charge in [0.1, 0.15) is 11.8 Å². The van der Waals surface area contributed by atoms with Crippen LogP contribution in [0.1, 0.15) is 141 Å². The quantitative estimate of drug-likeness (QED) is 0.124. The fourth-order valence-corrected chi connectivity index (χ4v) is 4.70. The van der Waals surface area contributed by atoms with Crippen LogP contribution in [-0.2, 0) is 16.0 Å². The van der Waals surface area contributed by atoms with Crippen molar-refractivity contribution in [1.29, 1.82) is 0 Å². The van der Waals surface area contributed by atoms with Crippen molar-refractivity contribution in [2.45, 2.75) is 148 Å². The Balaban J connectivity index is 1.90. The predicted molar refractivity (Wildman–Crippen MR) is 149 cm³/mol. The summed E-state index contributed by atoms with van der Waals surface area (Å²) in [5.74, 6) is -1.10. The van der Waals surface area contributed by atoms with Gasteiger partial charge in [0.25, 0.3) is 0 Å². The molecule has 5 heteroatoms. The first kappa shape index (κ1) is 32.0. The number of hydrogen-bond donors (Lipinski definition) is 3. The number of benzene rings is 1. The molecule has 36 heavy (non-hydrogen) atoms. The van der Waals surface area contributed by atoms with Gasteiger partial charge in [0.2, 0.25) is 5.91 Å². The molecule has 0 aliphatic carbocycles. The summed E-state index contributed by atoms with van der Waals surface area (Å²) in [6, 6.07) is 5.46. The fraction of sp³-hybridized carbons (Fsp3) is 0.742. The van der Waals surface area contributed by atoms with Gasteiger partial charge in [-0.15, -0.1) is 0 Å². The minimum atomic E-state index is -1.04. The van der Waals surface area contributed by atoms with E-state index in [1.165, 1.54) is 115 Å². The van der Waals surface area contributed by atoms with Crippen molar-refractivity contribution < 1.29 is 19.8 Å². The number of carboxylic acids is 1. The van der Waals surface area contributed by atoms with Crippen LogP contribution in [0.15, 0.2) is 24.3 Å². The predicted octanol–water partition coefficient (Wildman–Crippen LogP) is 8.33. The summed E-state index contributed by atoms with van der Waals surface area (Å²) in [6.45, 7) is 2.28. The van der Waals surface area contributed by atoms with Gasteiger partial charge in [-0.25, -0.2) is 4.79 Å². The smallest absolute Gasteiger partial charge is 0.326 e. The van der Waals surface area contributed by atoms with Gasteiger partial charge in [-0.2, -0.15) is 0 Å². The Labute approximate surface area is 220 Å². The third-order valence-electron chi connectivity index (χ3n) is 7.02. The van der Waals surface area contributed by atoms with Crippen LogP contribution in [-0.4, -0.2) is 28.1 Å². The lowest BCUT2D eigenvalue weighted by Gasteiger charge is -2.14. The zero-order valence-electron chi connectivity index (χ0n) is 22.9. The number of carbonyl (C=O) groups is 2. The number of carbonyl (C=O) groups excluding carboxylic acids is 1. The molecule has 0 fully saturated rings. The van der Waals surface area contributed by atoms with E-state index >= 15 is 0 Å². The molecular weight excluding hydrogens is 450 g/mol. The molecule has 1 rings (SSSR count). The lowest BCUT2D eigenvalue weighted by Crippen LogP contribution is -2.42. The molecular formula is C31H53NO4. The molecule has 1 aromatic carbocycles. The van der Waals surface area contributed by atoms with Crippen molar-refractivity contribution in [2.24, 2.45) is 0 Å². The molecule has 1 aromatic rings. The van der Waals surface area contributed by atoms with Gasteiger partial charge in [-0.1, -0.05) is 135 Å². The largest absolute Gasteiger partial charge is 0.508 e. The second kappa shape index (κ2) is 22.2. The van der Waals surface area contributed by atoms with E-state index in [0.29, 0.717) is 6.42 Å². The van der Waals surface area contributed by atoms with Crippen molar-refractivity contribution >= 4 is 11.9 Å². The SMILES string of the molecule is CCCCCCCCCCCCCCCCCCCCCC(=O)N[C@@H](Cc1ccc(O)cc1)C(=O)O. The van der Waals surface area contributed by atoms with E-state index in [9.17, 15) is 19.8 Å². The number of carboxylic acid groups (broad SMARTS) is 1. The Bertz CT molecular complexity index is 674. The first-order valence-electron chi connectivity index (χ1n) is 14.8. The van der Waals surface area contributed by atoms with Crippen molar-refractivity contribution in [3.05, 3.63) is 29.8 Å². The average Bonchev–Trinajstić information content (AvgIpc) is 2.86. The van der Waals surface area contributed by atoms with Gasteiger partial charge < -0.3 is 15.5 Å². The fourth-order valence-electron chi connectivity index (χ4n) is 4.70. The van der Waals surface area contributed by atoms with Gasteiger partial charge in [0, 0.05) is 12.8 Å². The van der Waals surface area contributed by atoms with E-state index in [4.69, 9.17) is 0 Å². The molecule has 3 N–H and O–H groups in total. The molecule has 0 saturated carbocycles. The second-order valence-corrected chi connectivity index (χ2v) is 10.4. The van der Waals surface area contributed by atoms with E-state index in [-0.39, 0.29) is 18.1 Å². The first-order valence-corrected chi connectivity index (χ1v) is 14.8. The van der Waals surface area contributed by atoms with Crippen LogP contribution in [0.4, 0.5) is 0 Å². The summed E-state index contributed by atoms with van der Waals surface area (Å²) in [6.07, 6.45) is 25.5. The van der Waals surface area contributed by atoms with Crippen molar-refractivity contribution in [3.63, 3.8) is 0 Å². The monoisotopic (exact) mass is 503 g/mol. The molecule has 0 saturated heterocycles. The molecule has 0 unspecified atom stereocenters. The highest BCUT2D eigenvalue weighted by Crippen LogP contribution is 2.15. The molecule has 0 heterocycles. The van der Waals surface area contributed by atoms with E-state index in [0.717, 1.165) is 24.8 Å². The standard InChI is InChI=1S/C31H53NO4/c1-2-3-4-5-6-7-8-9-10-11-12-13-14-15-16-17-18-19-20-21-30(34)32-29(31(35)36)26-27-22-24-28(33)25-23-27/h22-25,29,33H,2-21,26H2,1H3,(H,32,34)(H,35,36)/t29-/m0/s1. The van der Waals surface area contributed by atoms with Crippen molar-refractivity contribution in [3.8, 4) is 5.75 Å². The molecule has 0 bridgehead atoms. The lowest BCUT2D eigenvalue weighted by atomic mass is 10.0. The summed E-state index contributed by atoms with van der Waals surface area (Å²) >= 11 is 0. The zero-order chi connectivity index (χ0) is 26.3. The summed E-state index contributed by atoms with van der Waals surface area (Å²) in [7, 11) is 0. The third-order valence-corrected chi connectivity index (χ3v) is 7.02. The van der Waals surface area contributed by atoms with Gasteiger partial charge in [-0.3, -0.25) is 4.79 Å². The molecule has 5 nitrogen and oxygen atoms in total. The molecule has 0 spiro atoms. The number of rotatable bonds is 24. The van der Waals surface area contributed by atoms with Crippen molar-refractivity contribution in [1.82, 2.24) is 5.32 Å². The van der Waals surface area contributed by atoms with Crippen molar-refractivity contribution in [2.75, 3.05) is 0 Å². The summed E-state index contributed by atoms with van der Waals surface area (Å²) in [4.78, 5) is 23.7. The average molecular weight is 504 g/mol. The molecule has 1 atom stereocenters. The number of aromatic hydroxyl groups is 1. The first-order chi connectivity index (χ1) is 17.5. The van der Waals surface area contributed by atoms with E-state index < -0.39 is 12.0 Å². The van der Waals surface area contributed by atoms with E-state index in [1.54, 1.807) is 12.1 Å². The minimum absolute atomic E-state index is 0.138. The second-order valence-electron chi connectivity index (χ2n) is 10.4. The Morgan fingerprint density at radius 1 is 0.667 bits per heavy atom. The number of amides is 1. The van der Waals surface area contributed by atoms with Crippen LogP contribution < -0.4 is 5.32 Å². The number of hydrogen-bond acceptors (Lipinski definition) is 3. The van der Waals surface area contributed by atoms with Crippen LogP contribution in [0, 0.1) is 0 Å². The van der Waals surface area contributed by atoms with Gasteiger partial charge in [0.15, 0.2) is 0 Å². The molecule has 1 amide bonds. The topological polar surface area (TPSA) is 86.6 Å². The Kier molecular flexibility index (Phi) is 19.7. The number of aliphatic carboxylic acids is 1. The van der Waals surface area contributed by atoms with E-state index in [2.05, 4.69) is 12.2 Å². The summed E-state index contributed by atoms with van der Waals surface area (Å²) < 4.78 is 0. The number of unbranched alkanes of at least 4 members (excludes halogenated alkanes) is 18. The van der Waals surface area contributed by atoms with Crippen LogP contribution in [0.2, 0.25) is 0 Å². The molecule has 0 radical (unpaired) electrons. The third kappa shape index (κ3) is 18.3. The number of phenolic OH excluding ortho intramolecular Hbond substituents is 1. The summed E-state index contributed by atoms with van der Waals surface area (Å²) in [5, 5.41) is 21.4. The Morgan fingerprint density at radius 2 is 1.06 bits per heavy atom. The van der Waals surface area contributed by atoms with Gasteiger partial charge in [0.05, 0.1) is 0 Å². The highest BCUT2D eigenvalue weighted by Gasteiger charge is 2.20. The lowest BCUT2D eigenvalue weighted by molar-refractivity contribution is -0.141. The van der Waals surface area contributed by atoms with Crippen LogP contribution in [0.25, 0.3) is 0 Å². The number of phenols is 1. The number of nitrogens with one attached hydrogen (secondary N) is 1. The highest BCUT2D eigenvalue weighted by molar-refractivity contribution is 5.83. The maximum atomic E-state index is 12.2.